The summed E-state index contributed by atoms with van der Waals surface area (Å²) in [5.74, 6) is 1.33. The standard InChI is InChI=1S/C20H25ClN2O3/c1-5-26-18-11-6-15(12-19(18)25-4)13-23(3)14(2)20(24)22-17-9-7-16(21)8-10-17/h6-12,14H,5,13H2,1-4H3,(H,22,24). The Kier molecular flexibility index (Phi) is 7.30. The van der Waals surface area contributed by atoms with Crippen LogP contribution in [0.5, 0.6) is 11.5 Å². The van der Waals surface area contributed by atoms with Crippen LogP contribution in [-0.2, 0) is 11.3 Å². The van der Waals surface area contributed by atoms with Crippen molar-refractivity contribution in [1.82, 2.24) is 4.90 Å². The molecule has 0 heterocycles. The molecule has 0 aliphatic heterocycles. The molecular weight excluding hydrogens is 352 g/mol. The summed E-state index contributed by atoms with van der Waals surface area (Å²) in [7, 11) is 3.53. The minimum Gasteiger partial charge on any atom is -0.493 e. The molecule has 0 spiro atoms. The van der Waals surface area contributed by atoms with Gasteiger partial charge in [-0.3, -0.25) is 9.69 Å². The molecule has 1 atom stereocenters. The first-order valence-corrected chi connectivity index (χ1v) is 8.88. The number of hydrogen-bond acceptors (Lipinski definition) is 4. The summed E-state index contributed by atoms with van der Waals surface area (Å²) in [5.41, 5.74) is 1.77. The maximum absolute atomic E-state index is 12.5. The van der Waals surface area contributed by atoms with E-state index in [2.05, 4.69) is 5.32 Å². The summed E-state index contributed by atoms with van der Waals surface area (Å²) in [5, 5.41) is 3.54. The predicted molar refractivity (Wildman–Crippen MR) is 105 cm³/mol. The molecule has 6 heteroatoms. The molecule has 26 heavy (non-hydrogen) atoms. The summed E-state index contributed by atoms with van der Waals surface area (Å²) in [6, 6.07) is 12.6. The number of nitrogens with zero attached hydrogens (tertiary/aromatic N) is 1. The van der Waals surface area contributed by atoms with Gasteiger partial charge < -0.3 is 14.8 Å². The average Bonchev–Trinajstić information content (AvgIpc) is 2.64. The number of methoxy groups -OCH3 is 1. The molecular formula is C20H25ClN2O3. The Balaban J connectivity index is 2.00. The van der Waals surface area contributed by atoms with Crippen LogP contribution < -0.4 is 14.8 Å². The molecule has 5 nitrogen and oxygen atoms in total. The summed E-state index contributed by atoms with van der Waals surface area (Å²) in [6.45, 7) is 4.99. The lowest BCUT2D eigenvalue weighted by atomic mass is 10.1. The Morgan fingerprint density at radius 2 is 1.88 bits per heavy atom. The van der Waals surface area contributed by atoms with Crippen molar-refractivity contribution in [2.45, 2.75) is 26.4 Å². The third-order valence-corrected chi connectivity index (χ3v) is 4.36. The van der Waals surface area contributed by atoms with Gasteiger partial charge >= 0.3 is 0 Å². The van der Waals surface area contributed by atoms with Crippen molar-refractivity contribution in [3.8, 4) is 11.5 Å². The normalized spacial score (nSPS) is 11.9. The van der Waals surface area contributed by atoms with Crippen molar-refractivity contribution in [3.63, 3.8) is 0 Å². The third-order valence-electron chi connectivity index (χ3n) is 4.11. The van der Waals surface area contributed by atoms with Crippen LogP contribution in [0.2, 0.25) is 5.02 Å². The van der Waals surface area contributed by atoms with Crippen LogP contribution in [-0.4, -0.2) is 37.6 Å². The molecule has 0 saturated heterocycles. The summed E-state index contributed by atoms with van der Waals surface area (Å²) >= 11 is 5.87. The lowest BCUT2D eigenvalue weighted by Gasteiger charge is -2.24. The molecule has 140 valence electrons. The van der Waals surface area contributed by atoms with Gasteiger partial charge in [0.1, 0.15) is 0 Å². The maximum atomic E-state index is 12.5. The molecule has 0 aliphatic carbocycles. The molecule has 2 aromatic carbocycles. The lowest BCUT2D eigenvalue weighted by molar-refractivity contribution is -0.120. The highest BCUT2D eigenvalue weighted by atomic mass is 35.5. The van der Waals surface area contributed by atoms with Gasteiger partial charge in [-0.05, 0) is 62.9 Å². The molecule has 2 aromatic rings. The fourth-order valence-corrected chi connectivity index (χ4v) is 2.62. The molecule has 0 aromatic heterocycles. The SMILES string of the molecule is CCOc1ccc(CN(C)C(C)C(=O)Nc2ccc(Cl)cc2)cc1OC. The minimum absolute atomic E-state index is 0.0762. The first kappa shape index (κ1) is 20.1. The quantitative estimate of drug-likeness (QED) is 0.749. The summed E-state index contributed by atoms with van der Waals surface area (Å²) in [6.07, 6.45) is 0. The fraction of sp³-hybridized carbons (Fsp3) is 0.350. The fourth-order valence-electron chi connectivity index (χ4n) is 2.49. The number of likely N-dealkylation sites (N-methyl/N-ethyl adjacent to an activating group) is 1. The highest BCUT2D eigenvalue weighted by molar-refractivity contribution is 6.30. The Morgan fingerprint density at radius 3 is 2.50 bits per heavy atom. The van der Waals surface area contributed by atoms with Crippen molar-refractivity contribution >= 4 is 23.2 Å². The average molecular weight is 377 g/mol. The van der Waals surface area contributed by atoms with E-state index in [0.717, 1.165) is 17.0 Å². The van der Waals surface area contributed by atoms with Crippen LogP contribution >= 0.6 is 11.6 Å². The molecule has 0 saturated carbocycles. The highest BCUT2D eigenvalue weighted by Crippen LogP contribution is 2.28. The van der Waals surface area contributed by atoms with Gasteiger partial charge in [-0.25, -0.2) is 0 Å². The van der Waals surface area contributed by atoms with Crippen LogP contribution in [0.15, 0.2) is 42.5 Å². The van der Waals surface area contributed by atoms with Crippen molar-refractivity contribution in [3.05, 3.63) is 53.1 Å². The first-order valence-electron chi connectivity index (χ1n) is 8.51. The zero-order chi connectivity index (χ0) is 19.1. The molecule has 1 N–H and O–H groups in total. The van der Waals surface area contributed by atoms with E-state index in [9.17, 15) is 4.79 Å². The Bertz CT molecular complexity index is 734. The molecule has 0 aliphatic rings. The molecule has 2 rings (SSSR count). The summed E-state index contributed by atoms with van der Waals surface area (Å²) in [4.78, 5) is 14.4. The Labute approximate surface area is 159 Å². The maximum Gasteiger partial charge on any atom is 0.241 e. The molecule has 1 unspecified atom stereocenters. The second-order valence-electron chi connectivity index (χ2n) is 6.01. The number of rotatable bonds is 8. The lowest BCUT2D eigenvalue weighted by Crippen LogP contribution is -2.39. The number of ether oxygens (including phenoxy) is 2. The monoisotopic (exact) mass is 376 g/mol. The van der Waals surface area contributed by atoms with Crippen LogP contribution in [0.25, 0.3) is 0 Å². The van der Waals surface area contributed by atoms with Crippen LogP contribution in [0, 0.1) is 0 Å². The molecule has 0 bridgehead atoms. The summed E-state index contributed by atoms with van der Waals surface area (Å²) < 4.78 is 10.9. The van der Waals surface area contributed by atoms with Crippen LogP contribution in [0.3, 0.4) is 0 Å². The van der Waals surface area contributed by atoms with Crippen molar-refractivity contribution in [1.29, 1.82) is 0 Å². The second kappa shape index (κ2) is 9.46. The van der Waals surface area contributed by atoms with E-state index in [1.165, 1.54) is 0 Å². The van der Waals surface area contributed by atoms with Gasteiger partial charge in [0.2, 0.25) is 5.91 Å². The Morgan fingerprint density at radius 1 is 1.19 bits per heavy atom. The van der Waals surface area contributed by atoms with E-state index in [-0.39, 0.29) is 11.9 Å². The number of hydrogen-bond donors (Lipinski definition) is 1. The van der Waals surface area contributed by atoms with E-state index in [1.54, 1.807) is 31.4 Å². The smallest absolute Gasteiger partial charge is 0.241 e. The number of benzene rings is 2. The second-order valence-corrected chi connectivity index (χ2v) is 6.44. The molecule has 0 radical (unpaired) electrons. The third kappa shape index (κ3) is 5.38. The minimum atomic E-state index is -0.303. The molecule has 0 fully saturated rings. The van der Waals surface area contributed by atoms with E-state index in [4.69, 9.17) is 21.1 Å². The van der Waals surface area contributed by atoms with Crippen molar-refractivity contribution < 1.29 is 14.3 Å². The number of amides is 1. The number of carbonyl (C=O) groups is 1. The predicted octanol–water partition coefficient (Wildman–Crippen LogP) is 4.21. The van der Waals surface area contributed by atoms with E-state index < -0.39 is 0 Å². The number of carbonyl (C=O) groups excluding carboxylic acids is 1. The largest absolute Gasteiger partial charge is 0.493 e. The van der Waals surface area contributed by atoms with Gasteiger partial charge in [0, 0.05) is 17.3 Å². The van der Waals surface area contributed by atoms with Gasteiger partial charge in [0.25, 0.3) is 0 Å². The molecule has 1 amide bonds. The van der Waals surface area contributed by atoms with Gasteiger partial charge in [-0.2, -0.15) is 0 Å². The van der Waals surface area contributed by atoms with E-state index >= 15 is 0 Å². The van der Waals surface area contributed by atoms with E-state index in [0.29, 0.717) is 23.9 Å². The van der Waals surface area contributed by atoms with Crippen molar-refractivity contribution in [2.75, 3.05) is 26.1 Å². The van der Waals surface area contributed by atoms with Gasteiger partial charge in [-0.1, -0.05) is 17.7 Å². The van der Waals surface area contributed by atoms with E-state index in [1.807, 2.05) is 44.0 Å². The first-order chi connectivity index (χ1) is 12.4. The number of halogens is 1. The number of nitrogens with one attached hydrogen (secondary N) is 1. The Hall–Kier alpha value is -2.24. The van der Waals surface area contributed by atoms with Crippen LogP contribution in [0.4, 0.5) is 5.69 Å². The van der Waals surface area contributed by atoms with Gasteiger partial charge in [0.15, 0.2) is 11.5 Å². The topological polar surface area (TPSA) is 50.8 Å². The highest BCUT2D eigenvalue weighted by Gasteiger charge is 2.19. The number of anilines is 1. The van der Waals surface area contributed by atoms with Crippen LogP contribution in [0.1, 0.15) is 19.4 Å². The zero-order valence-electron chi connectivity index (χ0n) is 15.6. The zero-order valence-corrected chi connectivity index (χ0v) is 16.3. The van der Waals surface area contributed by atoms with Gasteiger partial charge in [-0.15, -0.1) is 0 Å². The van der Waals surface area contributed by atoms with Crippen molar-refractivity contribution in [2.24, 2.45) is 0 Å². The van der Waals surface area contributed by atoms with Gasteiger partial charge in [0.05, 0.1) is 19.8 Å².